The molecule has 0 fully saturated rings. The second-order valence-electron chi connectivity index (χ2n) is 4.27. The Bertz CT molecular complexity index is 526. The Hall–Kier alpha value is -1.57. The van der Waals surface area contributed by atoms with Crippen molar-refractivity contribution in [3.8, 4) is 0 Å². The molecule has 2 heterocycles. The van der Waals surface area contributed by atoms with E-state index in [9.17, 15) is 0 Å². The van der Waals surface area contributed by atoms with Crippen molar-refractivity contribution in [3.63, 3.8) is 0 Å². The summed E-state index contributed by atoms with van der Waals surface area (Å²) in [5, 5.41) is 4.91. The lowest BCUT2D eigenvalue weighted by Gasteiger charge is -2.19. The van der Waals surface area contributed by atoms with Crippen LogP contribution in [0.2, 0.25) is 0 Å². The zero-order chi connectivity index (χ0) is 13.7. The lowest BCUT2D eigenvalue weighted by Crippen LogP contribution is -2.24. The average molecular weight is 278 g/mol. The van der Waals surface area contributed by atoms with Gasteiger partial charge in [-0.25, -0.2) is 5.84 Å². The molecule has 0 unspecified atom stereocenters. The molecule has 0 aliphatic rings. The monoisotopic (exact) mass is 278 g/mol. The number of hydrazine groups is 1. The Morgan fingerprint density at radius 3 is 2.89 bits per heavy atom. The molecule has 0 radical (unpaired) electrons. The van der Waals surface area contributed by atoms with E-state index in [-0.39, 0.29) is 0 Å². The second-order valence-corrected chi connectivity index (χ2v) is 5.02. The Morgan fingerprint density at radius 1 is 1.37 bits per heavy atom. The molecule has 0 aliphatic carbocycles. The Labute approximate surface area is 116 Å². The van der Waals surface area contributed by atoms with Gasteiger partial charge in [0.05, 0.1) is 5.69 Å². The van der Waals surface area contributed by atoms with Gasteiger partial charge < -0.3 is 5.43 Å². The molecule has 0 aromatic carbocycles. The molecule has 3 N–H and O–H groups in total. The van der Waals surface area contributed by atoms with Crippen molar-refractivity contribution in [2.45, 2.75) is 26.9 Å². The van der Waals surface area contributed by atoms with E-state index in [1.807, 2.05) is 25.1 Å². The molecule has 2 aromatic rings. The fraction of sp³-hybridized carbons (Fsp3) is 0.417. The molecule has 0 spiro atoms. The van der Waals surface area contributed by atoms with Crippen molar-refractivity contribution >= 4 is 16.5 Å². The summed E-state index contributed by atoms with van der Waals surface area (Å²) < 4.78 is 3.91. The number of aryl methyl sites for hydroxylation is 1. The molecule has 0 saturated carbocycles. The molecule has 7 heteroatoms. The number of rotatable bonds is 6. The van der Waals surface area contributed by atoms with Gasteiger partial charge in [0, 0.05) is 30.3 Å². The molecule has 0 atom stereocenters. The maximum atomic E-state index is 5.43. The highest BCUT2D eigenvalue weighted by Crippen LogP contribution is 2.18. The highest BCUT2D eigenvalue weighted by molar-refractivity contribution is 7.10. The van der Waals surface area contributed by atoms with Gasteiger partial charge in [0.25, 0.3) is 0 Å². The average Bonchev–Trinajstić information content (AvgIpc) is 2.85. The third-order valence-electron chi connectivity index (χ3n) is 2.84. The number of aromatic nitrogens is 3. The predicted octanol–water partition coefficient (Wildman–Crippen LogP) is 1.55. The predicted molar refractivity (Wildman–Crippen MR) is 76.5 cm³/mol. The summed E-state index contributed by atoms with van der Waals surface area (Å²) >= 11 is 1.27. The quantitative estimate of drug-likeness (QED) is 0.616. The van der Waals surface area contributed by atoms with Crippen LogP contribution in [0.3, 0.4) is 0 Å². The summed E-state index contributed by atoms with van der Waals surface area (Å²) in [5.41, 5.74) is 5.60. The molecule has 0 bridgehead atoms. The third-order valence-corrected chi connectivity index (χ3v) is 3.54. The highest BCUT2D eigenvalue weighted by Gasteiger charge is 2.12. The van der Waals surface area contributed by atoms with Crippen molar-refractivity contribution < 1.29 is 0 Å². The first kappa shape index (κ1) is 13.9. The second kappa shape index (κ2) is 6.55. The summed E-state index contributed by atoms with van der Waals surface area (Å²) in [6, 6.07) is 6.07. The molecule has 0 amide bonds. The first-order chi connectivity index (χ1) is 9.22. The van der Waals surface area contributed by atoms with E-state index in [1.165, 1.54) is 11.5 Å². The van der Waals surface area contributed by atoms with E-state index < -0.39 is 0 Å². The maximum Gasteiger partial charge on any atom is 0.148 e. The van der Waals surface area contributed by atoms with Crippen molar-refractivity contribution in [2.24, 2.45) is 5.84 Å². The molecule has 0 saturated heterocycles. The number of nitrogens with two attached hydrogens (primary N) is 1. The number of nitrogens with zero attached hydrogens (tertiary/aromatic N) is 4. The highest BCUT2D eigenvalue weighted by atomic mass is 32.1. The number of hydrogen-bond donors (Lipinski definition) is 2. The summed E-state index contributed by atoms with van der Waals surface area (Å²) in [5.74, 6) is 5.43. The van der Waals surface area contributed by atoms with E-state index in [4.69, 9.17) is 5.84 Å². The summed E-state index contributed by atoms with van der Waals surface area (Å²) in [6.45, 7) is 6.53. The van der Waals surface area contributed by atoms with Crippen LogP contribution in [-0.4, -0.2) is 26.0 Å². The summed E-state index contributed by atoms with van der Waals surface area (Å²) in [6.07, 6.45) is 0. The van der Waals surface area contributed by atoms with Gasteiger partial charge in [-0.15, -0.1) is 5.10 Å². The van der Waals surface area contributed by atoms with Crippen LogP contribution < -0.4 is 11.3 Å². The van der Waals surface area contributed by atoms with Crippen molar-refractivity contribution in [3.05, 3.63) is 35.3 Å². The molecule has 19 heavy (non-hydrogen) atoms. The lowest BCUT2D eigenvalue weighted by atomic mass is 10.3. The third kappa shape index (κ3) is 3.69. The number of hydrogen-bond acceptors (Lipinski definition) is 7. The molecule has 2 rings (SSSR count). The summed E-state index contributed by atoms with van der Waals surface area (Å²) in [7, 11) is 0. The topological polar surface area (TPSA) is 80.0 Å². The van der Waals surface area contributed by atoms with Crippen LogP contribution in [0.4, 0.5) is 5.00 Å². The smallest absolute Gasteiger partial charge is 0.148 e. The molecule has 0 aliphatic heterocycles. The molecular weight excluding hydrogens is 260 g/mol. The van der Waals surface area contributed by atoms with Gasteiger partial charge in [-0.05, 0) is 25.6 Å². The number of anilines is 1. The SMILES string of the molecule is CCN(Cc1cccc(C)n1)Cc1nnsc1NN. The number of nitrogens with one attached hydrogen (secondary N) is 1. The Balaban J connectivity index is 2.04. The summed E-state index contributed by atoms with van der Waals surface area (Å²) in [4.78, 5) is 6.77. The van der Waals surface area contributed by atoms with Crippen molar-refractivity contribution in [2.75, 3.05) is 12.0 Å². The Morgan fingerprint density at radius 2 is 2.21 bits per heavy atom. The van der Waals surface area contributed by atoms with Crippen molar-refractivity contribution in [1.29, 1.82) is 0 Å². The van der Waals surface area contributed by atoms with Crippen LogP contribution in [0, 0.1) is 6.92 Å². The van der Waals surface area contributed by atoms with Gasteiger partial charge >= 0.3 is 0 Å². The van der Waals surface area contributed by atoms with E-state index >= 15 is 0 Å². The van der Waals surface area contributed by atoms with Crippen LogP contribution in [0.1, 0.15) is 24.0 Å². The zero-order valence-corrected chi connectivity index (χ0v) is 11.9. The van der Waals surface area contributed by atoms with E-state index in [1.54, 1.807) is 0 Å². The minimum Gasteiger partial charge on any atom is -0.313 e. The molecule has 102 valence electrons. The van der Waals surface area contributed by atoms with Gasteiger partial charge in [0.15, 0.2) is 0 Å². The van der Waals surface area contributed by atoms with Crippen molar-refractivity contribution in [1.82, 2.24) is 19.5 Å². The van der Waals surface area contributed by atoms with Crippen LogP contribution >= 0.6 is 11.5 Å². The minimum atomic E-state index is 0.710. The fourth-order valence-electron chi connectivity index (χ4n) is 1.83. The zero-order valence-electron chi connectivity index (χ0n) is 11.1. The number of pyridine rings is 1. The normalized spacial score (nSPS) is 10.9. The van der Waals surface area contributed by atoms with Gasteiger partial charge in [0.2, 0.25) is 0 Å². The lowest BCUT2D eigenvalue weighted by molar-refractivity contribution is 0.265. The van der Waals surface area contributed by atoms with Gasteiger partial charge in [-0.2, -0.15) is 0 Å². The minimum absolute atomic E-state index is 0.710. The van der Waals surface area contributed by atoms with Crippen LogP contribution in [-0.2, 0) is 13.1 Å². The number of nitrogen functional groups attached to an aromatic ring is 1. The van der Waals surface area contributed by atoms with E-state index in [2.05, 4.69) is 31.8 Å². The fourth-order valence-corrected chi connectivity index (χ4v) is 2.31. The molecular formula is C12H18N6S. The van der Waals surface area contributed by atoms with Crippen LogP contribution in [0.15, 0.2) is 18.2 Å². The van der Waals surface area contributed by atoms with Crippen LogP contribution in [0.5, 0.6) is 0 Å². The first-order valence-electron chi connectivity index (χ1n) is 6.15. The Kier molecular flexibility index (Phi) is 4.78. The largest absolute Gasteiger partial charge is 0.313 e. The maximum absolute atomic E-state index is 5.43. The van der Waals surface area contributed by atoms with Gasteiger partial charge in [-0.1, -0.05) is 17.5 Å². The first-order valence-corrected chi connectivity index (χ1v) is 6.93. The van der Waals surface area contributed by atoms with Gasteiger partial charge in [0.1, 0.15) is 10.7 Å². The van der Waals surface area contributed by atoms with E-state index in [0.29, 0.717) is 6.54 Å². The molecule has 2 aromatic heterocycles. The van der Waals surface area contributed by atoms with Crippen LogP contribution in [0.25, 0.3) is 0 Å². The van der Waals surface area contributed by atoms with E-state index in [0.717, 1.165) is 35.2 Å². The molecule has 6 nitrogen and oxygen atoms in total. The standard InChI is InChI=1S/C12H18N6S/c1-3-18(7-10-6-4-5-9(2)14-10)8-11-12(15-13)19-17-16-11/h4-6,15H,3,7-8,13H2,1-2H3. The van der Waals surface area contributed by atoms with Gasteiger partial charge in [-0.3, -0.25) is 9.88 Å².